The summed E-state index contributed by atoms with van der Waals surface area (Å²) >= 11 is 0. The third-order valence-corrected chi connectivity index (χ3v) is 3.25. The predicted octanol–water partition coefficient (Wildman–Crippen LogP) is 2.60. The number of aromatic nitrogens is 2. The van der Waals surface area contributed by atoms with E-state index in [1.807, 2.05) is 13.8 Å². The van der Waals surface area contributed by atoms with Gasteiger partial charge in [0, 0.05) is 23.4 Å². The number of rotatable bonds is 5. The van der Waals surface area contributed by atoms with Crippen LogP contribution in [0.5, 0.6) is 0 Å². The van der Waals surface area contributed by atoms with Gasteiger partial charge in [0.2, 0.25) is 0 Å². The molecule has 2 rings (SSSR count). The summed E-state index contributed by atoms with van der Waals surface area (Å²) in [5, 5.41) is 21.5. The third-order valence-electron chi connectivity index (χ3n) is 3.25. The van der Waals surface area contributed by atoms with Crippen molar-refractivity contribution in [2.75, 3.05) is 0 Å². The molecule has 1 heterocycles. The van der Waals surface area contributed by atoms with Crippen molar-refractivity contribution in [1.82, 2.24) is 15.6 Å². The number of nitro benzene ring substituents is 1. The number of nitrogens with zero attached hydrogens (tertiary/aromatic N) is 3. The molecule has 2 N–H and O–H groups in total. The molecule has 0 saturated carbocycles. The summed E-state index contributed by atoms with van der Waals surface area (Å²) in [6.45, 7) is 5.63. The first-order valence-corrected chi connectivity index (χ1v) is 7.03. The Labute approximate surface area is 132 Å². The molecule has 1 amide bonds. The molecule has 0 aliphatic heterocycles. The Bertz CT molecular complexity index is 764. The Hall–Kier alpha value is -3.03. The van der Waals surface area contributed by atoms with Crippen molar-refractivity contribution in [3.05, 3.63) is 57.4 Å². The van der Waals surface area contributed by atoms with Crippen molar-refractivity contribution in [2.24, 2.45) is 5.10 Å². The SMILES string of the molecule is C/C(=N\NC(=O)c1cc(C(C)C)[nH]n1)c1cccc([N+](=O)[O-])c1. The van der Waals surface area contributed by atoms with Gasteiger partial charge in [0.15, 0.2) is 5.69 Å². The summed E-state index contributed by atoms with van der Waals surface area (Å²) in [6.07, 6.45) is 0. The summed E-state index contributed by atoms with van der Waals surface area (Å²) in [6, 6.07) is 7.71. The van der Waals surface area contributed by atoms with Gasteiger partial charge >= 0.3 is 0 Å². The molecule has 0 aliphatic rings. The van der Waals surface area contributed by atoms with Crippen LogP contribution in [0.2, 0.25) is 0 Å². The summed E-state index contributed by atoms with van der Waals surface area (Å²) in [5.41, 5.74) is 4.48. The normalized spacial score (nSPS) is 11.6. The standard InChI is InChI=1S/C15H17N5O3/c1-9(2)13-8-14(18-17-13)15(21)19-16-10(3)11-5-4-6-12(7-11)20(22)23/h4-9H,1-3H3,(H,17,18)(H,19,21)/b16-10+. The molecule has 2 aromatic rings. The highest BCUT2D eigenvalue weighted by Gasteiger charge is 2.12. The molecule has 120 valence electrons. The Morgan fingerprint density at radius 1 is 1.39 bits per heavy atom. The Balaban J connectivity index is 2.10. The van der Waals surface area contributed by atoms with Crippen LogP contribution in [0.25, 0.3) is 0 Å². The maximum Gasteiger partial charge on any atom is 0.291 e. The highest BCUT2D eigenvalue weighted by atomic mass is 16.6. The first-order chi connectivity index (χ1) is 10.9. The number of aromatic amines is 1. The molecule has 0 saturated heterocycles. The molecule has 8 nitrogen and oxygen atoms in total. The summed E-state index contributed by atoms with van der Waals surface area (Å²) in [4.78, 5) is 22.3. The predicted molar refractivity (Wildman–Crippen MR) is 85.5 cm³/mol. The number of hydrazone groups is 1. The van der Waals surface area contributed by atoms with Gasteiger partial charge in [-0.1, -0.05) is 26.0 Å². The number of hydrogen-bond donors (Lipinski definition) is 2. The lowest BCUT2D eigenvalue weighted by molar-refractivity contribution is -0.384. The zero-order valence-corrected chi connectivity index (χ0v) is 13.0. The van der Waals surface area contributed by atoms with Crippen LogP contribution in [-0.2, 0) is 0 Å². The van der Waals surface area contributed by atoms with Crippen LogP contribution >= 0.6 is 0 Å². The van der Waals surface area contributed by atoms with Crippen molar-refractivity contribution in [3.63, 3.8) is 0 Å². The fraction of sp³-hybridized carbons (Fsp3) is 0.267. The first kappa shape index (κ1) is 16.3. The Kier molecular flexibility index (Phi) is 4.85. The zero-order valence-electron chi connectivity index (χ0n) is 13.0. The van der Waals surface area contributed by atoms with E-state index in [0.717, 1.165) is 5.69 Å². The number of hydrogen-bond acceptors (Lipinski definition) is 5. The van der Waals surface area contributed by atoms with E-state index in [4.69, 9.17) is 0 Å². The maximum absolute atomic E-state index is 12.0. The summed E-state index contributed by atoms with van der Waals surface area (Å²) in [7, 11) is 0. The zero-order chi connectivity index (χ0) is 17.0. The molecule has 0 atom stereocenters. The molecule has 0 fully saturated rings. The van der Waals surface area contributed by atoms with E-state index in [9.17, 15) is 14.9 Å². The number of nitro groups is 1. The fourth-order valence-electron chi connectivity index (χ4n) is 1.85. The second-order valence-electron chi connectivity index (χ2n) is 5.31. The quantitative estimate of drug-likeness (QED) is 0.501. The molecule has 1 aromatic heterocycles. The average Bonchev–Trinajstić information content (AvgIpc) is 3.02. The van der Waals surface area contributed by atoms with Crippen molar-refractivity contribution >= 4 is 17.3 Å². The second kappa shape index (κ2) is 6.82. The molecule has 0 unspecified atom stereocenters. The Morgan fingerprint density at radius 3 is 2.74 bits per heavy atom. The van der Waals surface area contributed by atoms with Gasteiger partial charge in [0.05, 0.1) is 10.6 Å². The van der Waals surface area contributed by atoms with E-state index in [2.05, 4.69) is 20.7 Å². The lowest BCUT2D eigenvalue weighted by Gasteiger charge is -2.01. The van der Waals surface area contributed by atoms with E-state index >= 15 is 0 Å². The summed E-state index contributed by atoms with van der Waals surface area (Å²) in [5.74, 6) is -0.211. The highest BCUT2D eigenvalue weighted by Crippen LogP contribution is 2.14. The minimum absolute atomic E-state index is 0.0303. The first-order valence-electron chi connectivity index (χ1n) is 7.03. The molecular weight excluding hydrogens is 298 g/mol. The number of non-ortho nitro benzene ring substituents is 1. The number of carbonyl (C=O) groups is 1. The molecule has 1 aromatic carbocycles. The minimum Gasteiger partial charge on any atom is -0.282 e. The van der Waals surface area contributed by atoms with Crippen molar-refractivity contribution < 1.29 is 9.72 Å². The van der Waals surface area contributed by atoms with E-state index in [1.165, 1.54) is 12.1 Å². The van der Waals surface area contributed by atoms with Gasteiger partial charge in [0.25, 0.3) is 11.6 Å². The van der Waals surface area contributed by atoms with Gasteiger partial charge in [0.1, 0.15) is 0 Å². The number of carbonyl (C=O) groups excluding carboxylic acids is 1. The van der Waals surface area contributed by atoms with Gasteiger partial charge in [-0.3, -0.25) is 20.0 Å². The molecule has 0 bridgehead atoms. The van der Waals surface area contributed by atoms with Crippen LogP contribution in [-0.4, -0.2) is 26.7 Å². The maximum atomic E-state index is 12.0. The molecule has 0 aliphatic carbocycles. The van der Waals surface area contributed by atoms with Gasteiger partial charge in [-0.15, -0.1) is 0 Å². The van der Waals surface area contributed by atoms with E-state index in [0.29, 0.717) is 11.3 Å². The lowest BCUT2D eigenvalue weighted by atomic mass is 10.1. The van der Waals surface area contributed by atoms with E-state index in [-0.39, 0.29) is 17.3 Å². The van der Waals surface area contributed by atoms with Gasteiger partial charge in [-0.2, -0.15) is 10.2 Å². The monoisotopic (exact) mass is 315 g/mol. The molecule has 23 heavy (non-hydrogen) atoms. The smallest absolute Gasteiger partial charge is 0.282 e. The van der Waals surface area contributed by atoms with Gasteiger partial charge < -0.3 is 0 Å². The summed E-state index contributed by atoms with van der Waals surface area (Å²) < 4.78 is 0. The lowest BCUT2D eigenvalue weighted by Crippen LogP contribution is -2.19. The minimum atomic E-state index is -0.480. The number of benzene rings is 1. The Morgan fingerprint density at radius 2 is 2.13 bits per heavy atom. The molecular formula is C15H17N5O3. The van der Waals surface area contributed by atoms with Crippen molar-refractivity contribution in [2.45, 2.75) is 26.7 Å². The van der Waals surface area contributed by atoms with Crippen LogP contribution in [0.1, 0.15) is 48.4 Å². The average molecular weight is 315 g/mol. The second-order valence-corrected chi connectivity index (χ2v) is 5.31. The topological polar surface area (TPSA) is 113 Å². The number of H-pyrrole nitrogens is 1. The van der Waals surface area contributed by atoms with Crippen LogP contribution in [0, 0.1) is 10.1 Å². The van der Waals surface area contributed by atoms with Crippen LogP contribution in [0.4, 0.5) is 5.69 Å². The van der Waals surface area contributed by atoms with Crippen LogP contribution in [0.15, 0.2) is 35.4 Å². The largest absolute Gasteiger partial charge is 0.291 e. The van der Waals surface area contributed by atoms with Gasteiger partial charge in [-0.25, -0.2) is 5.43 Å². The van der Waals surface area contributed by atoms with Crippen LogP contribution < -0.4 is 5.43 Å². The number of nitrogens with one attached hydrogen (secondary N) is 2. The third kappa shape index (κ3) is 4.00. The van der Waals surface area contributed by atoms with E-state index in [1.54, 1.807) is 25.1 Å². The van der Waals surface area contributed by atoms with Crippen LogP contribution in [0.3, 0.4) is 0 Å². The molecule has 8 heteroatoms. The fourth-order valence-corrected chi connectivity index (χ4v) is 1.85. The van der Waals surface area contributed by atoms with E-state index < -0.39 is 10.8 Å². The molecule has 0 radical (unpaired) electrons. The number of amides is 1. The van der Waals surface area contributed by atoms with Crippen molar-refractivity contribution in [1.29, 1.82) is 0 Å². The highest BCUT2D eigenvalue weighted by molar-refractivity contribution is 6.00. The van der Waals surface area contributed by atoms with Gasteiger partial charge in [-0.05, 0) is 18.9 Å². The molecule has 0 spiro atoms. The van der Waals surface area contributed by atoms with Crippen molar-refractivity contribution in [3.8, 4) is 0 Å².